The number of carbonyl (C=O) groups is 3. The van der Waals surface area contributed by atoms with Crippen LogP contribution < -0.4 is 0 Å². The molecule has 6 heteroatoms. The van der Waals surface area contributed by atoms with Crippen molar-refractivity contribution in [2.24, 2.45) is 0 Å². The summed E-state index contributed by atoms with van der Waals surface area (Å²) < 4.78 is 17.0. The van der Waals surface area contributed by atoms with Gasteiger partial charge in [0.1, 0.15) is 13.2 Å². The summed E-state index contributed by atoms with van der Waals surface area (Å²) in [5.74, 6) is -0.884. The molecule has 0 radical (unpaired) electrons. The fraction of sp³-hybridized carbons (Fsp3) is 0.789. The van der Waals surface area contributed by atoms with E-state index in [0.29, 0.717) is 19.3 Å². The number of hydrogen-bond donors (Lipinski definition) is 0. The molecule has 0 aliphatic carbocycles. The van der Waals surface area contributed by atoms with Gasteiger partial charge in [0.25, 0.3) is 0 Å². The fourth-order valence-corrected chi connectivity index (χ4v) is 9.70. The van der Waals surface area contributed by atoms with Gasteiger partial charge in [-0.2, -0.15) is 0 Å². The molecule has 0 aliphatic heterocycles. The van der Waals surface area contributed by atoms with Crippen LogP contribution in [0.25, 0.3) is 0 Å². The molecule has 0 bridgehead atoms. The number of rotatable bonds is 61. The van der Waals surface area contributed by atoms with E-state index >= 15 is 0 Å². The summed E-state index contributed by atoms with van der Waals surface area (Å²) in [5, 5.41) is 0. The minimum absolute atomic E-state index is 0.0823. The van der Waals surface area contributed by atoms with Crippen LogP contribution in [0.15, 0.2) is 72.9 Å². The van der Waals surface area contributed by atoms with Crippen molar-refractivity contribution in [2.75, 3.05) is 13.2 Å². The Hall–Kier alpha value is -3.15. The number of ether oxygens (including phenoxy) is 3. The fourth-order valence-electron chi connectivity index (χ4n) is 9.70. The molecule has 0 saturated carbocycles. The second-order valence-corrected chi connectivity index (χ2v) is 22.4. The van der Waals surface area contributed by atoms with Crippen molar-refractivity contribution in [3.63, 3.8) is 0 Å². The van der Waals surface area contributed by atoms with Gasteiger partial charge in [0, 0.05) is 19.3 Å². The Labute approximate surface area is 478 Å². The number of esters is 3. The van der Waals surface area contributed by atoms with E-state index in [9.17, 15) is 14.4 Å². The molecule has 0 aromatic rings. The minimum Gasteiger partial charge on any atom is -0.462 e. The van der Waals surface area contributed by atoms with Crippen molar-refractivity contribution < 1.29 is 28.6 Å². The molecule has 0 rings (SSSR count). The van der Waals surface area contributed by atoms with Gasteiger partial charge in [-0.05, 0) is 89.9 Å². The van der Waals surface area contributed by atoms with E-state index in [-0.39, 0.29) is 31.1 Å². The molecule has 0 spiro atoms. The van der Waals surface area contributed by atoms with E-state index in [4.69, 9.17) is 14.2 Å². The number of allylic oxidation sites excluding steroid dienone is 12. The molecule has 0 fully saturated rings. The molecular weight excluding hydrogens is 949 g/mol. The van der Waals surface area contributed by atoms with Gasteiger partial charge in [0.15, 0.2) is 6.10 Å². The van der Waals surface area contributed by atoms with Gasteiger partial charge in [-0.25, -0.2) is 0 Å². The minimum atomic E-state index is -0.786. The number of unbranched alkanes of at least 4 members (excludes halogenated alkanes) is 38. The van der Waals surface area contributed by atoms with Crippen LogP contribution in [0.5, 0.6) is 0 Å². The molecule has 0 aromatic heterocycles. The molecule has 0 heterocycles. The first kappa shape index (κ1) is 73.8. The normalized spacial score (nSPS) is 12.5. The van der Waals surface area contributed by atoms with Crippen molar-refractivity contribution in [2.45, 2.75) is 348 Å². The van der Waals surface area contributed by atoms with Gasteiger partial charge in [-0.3, -0.25) is 14.4 Å². The maximum atomic E-state index is 12.9. The SMILES string of the molecule is CC/C=C\C/C=C\C/C=C\CCCCCCCCCC(=O)OCC(COC(=O)CCCCCCCC/C=C\C/C=C\C/C=C\CCCCCCC)OC(=O)CCCCCCCCCCCCCCCCCCCCCCC. The number of carbonyl (C=O) groups excluding carboxylic acids is 3. The average molecular weight is 1080 g/mol. The molecule has 6 nitrogen and oxygen atoms in total. The molecule has 0 aromatic carbocycles. The Bertz CT molecular complexity index is 1420. The quantitative estimate of drug-likeness (QED) is 0.0261. The van der Waals surface area contributed by atoms with Gasteiger partial charge >= 0.3 is 17.9 Å². The molecule has 0 N–H and O–H groups in total. The van der Waals surface area contributed by atoms with Crippen molar-refractivity contribution in [3.8, 4) is 0 Å². The van der Waals surface area contributed by atoms with Crippen LogP contribution in [0.3, 0.4) is 0 Å². The highest BCUT2D eigenvalue weighted by molar-refractivity contribution is 5.71. The van der Waals surface area contributed by atoms with Crippen LogP contribution in [0.4, 0.5) is 0 Å². The smallest absolute Gasteiger partial charge is 0.306 e. The lowest BCUT2D eigenvalue weighted by Gasteiger charge is -2.18. The summed E-state index contributed by atoms with van der Waals surface area (Å²) in [6.45, 7) is 6.55. The lowest BCUT2D eigenvalue weighted by molar-refractivity contribution is -0.167. The first-order chi connectivity index (χ1) is 38.0. The van der Waals surface area contributed by atoms with E-state index in [1.165, 1.54) is 199 Å². The Kier molecular flexibility index (Phi) is 62.7. The van der Waals surface area contributed by atoms with E-state index in [1.54, 1.807) is 0 Å². The molecular formula is C71H126O6. The zero-order valence-corrected chi connectivity index (χ0v) is 51.2. The van der Waals surface area contributed by atoms with Gasteiger partial charge in [0.2, 0.25) is 0 Å². The summed E-state index contributed by atoms with van der Waals surface area (Å²) in [7, 11) is 0. The molecule has 446 valence electrons. The third-order valence-corrected chi connectivity index (χ3v) is 14.7. The zero-order chi connectivity index (χ0) is 55.7. The van der Waals surface area contributed by atoms with E-state index in [1.807, 2.05) is 0 Å². The third kappa shape index (κ3) is 63.6. The van der Waals surface area contributed by atoms with E-state index in [2.05, 4.69) is 93.7 Å². The summed E-state index contributed by atoms with van der Waals surface area (Å²) in [5.41, 5.74) is 0. The Morgan fingerprint density at radius 2 is 0.506 bits per heavy atom. The highest BCUT2D eigenvalue weighted by Crippen LogP contribution is 2.17. The van der Waals surface area contributed by atoms with Crippen molar-refractivity contribution in [1.82, 2.24) is 0 Å². The van der Waals surface area contributed by atoms with Crippen LogP contribution in [0.2, 0.25) is 0 Å². The van der Waals surface area contributed by atoms with Gasteiger partial charge in [-0.15, -0.1) is 0 Å². The lowest BCUT2D eigenvalue weighted by atomic mass is 10.0. The average Bonchev–Trinajstić information content (AvgIpc) is 3.43. The highest BCUT2D eigenvalue weighted by atomic mass is 16.6. The standard InChI is InChI=1S/C71H126O6/c1-4-7-10-13-16-19-22-25-28-31-33-35-37-40-43-46-49-52-55-58-61-64-70(73)76-67-68(66-75-69(72)63-60-57-54-51-48-45-42-39-30-27-24-21-18-15-12-9-6-3)77-71(74)65-62-59-56-53-50-47-44-41-38-36-34-32-29-26-23-20-17-14-11-8-5-2/h9,12,18,21-22,25,27,30-31,33,37,40,68H,4-8,10-11,13-17,19-20,23-24,26,28-29,32,34-36,38-39,41-67H2,1-3H3/b12-9-,21-18-,25-22-,30-27-,33-31-,40-37-. The van der Waals surface area contributed by atoms with Crippen LogP contribution in [0, 0.1) is 0 Å². The maximum Gasteiger partial charge on any atom is 0.306 e. The Morgan fingerprint density at radius 3 is 0.792 bits per heavy atom. The third-order valence-electron chi connectivity index (χ3n) is 14.7. The second kappa shape index (κ2) is 65.4. The first-order valence-corrected chi connectivity index (χ1v) is 33.4. The van der Waals surface area contributed by atoms with Gasteiger partial charge in [0.05, 0.1) is 0 Å². The van der Waals surface area contributed by atoms with Crippen LogP contribution >= 0.6 is 0 Å². The maximum absolute atomic E-state index is 12.9. The topological polar surface area (TPSA) is 78.9 Å². The first-order valence-electron chi connectivity index (χ1n) is 33.4. The molecule has 0 amide bonds. The monoisotopic (exact) mass is 1070 g/mol. The largest absolute Gasteiger partial charge is 0.462 e. The molecule has 77 heavy (non-hydrogen) atoms. The van der Waals surface area contributed by atoms with Crippen LogP contribution in [0.1, 0.15) is 342 Å². The zero-order valence-electron chi connectivity index (χ0n) is 51.2. The van der Waals surface area contributed by atoms with Crippen molar-refractivity contribution in [1.29, 1.82) is 0 Å². The summed E-state index contributed by atoms with van der Waals surface area (Å²) in [4.78, 5) is 38.4. The van der Waals surface area contributed by atoms with Crippen LogP contribution in [-0.4, -0.2) is 37.2 Å². The van der Waals surface area contributed by atoms with Crippen molar-refractivity contribution in [3.05, 3.63) is 72.9 Å². The molecule has 0 aliphatic rings. The molecule has 1 unspecified atom stereocenters. The van der Waals surface area contributed by atoms with Crippen LogP contribution in [-0.2, 0) is 28.6 Å². The van der Waals surface area contributed by atoms with E-state index in [0.717, 1.165) is 103 Å². The lowest BCUT2D eigenvalue weighted by Crippen LogP contribution is -2.30. The Morgan fingerprint density at radius 1 is 0.273 bits per heavy atom. The highest BCUT2D eigenvalue weighted by Gasteiger charge is 2.19. The van der Waals surface area contributed by atoms with Gasteiger partial charge in [-0.1, -0.05) is 306 Å². The van der Waals surface area contributed by atoms with Crippen molar-refractivity contribution >= 4 is 17.9 Å². The second-order valence-electron chi connectivity index (χ2n) is 22.4. The predicted octanol–water partition coefficient (Wildman–Crippen LogP) is 22.9. The molecule has 1 atom stereocenters. The summed E-state index contributed by atoms with van der Waals surface area (Å²) in [6.07, 6.45) is 84.8. The number of hydrogen-bond acceptors (Lipinski definition) is 6. The summed E-state index contributed by atoms with van der Waals surface area (Å²) >= 11 is 0. The Balaban J connectivity index is 4.38. The predicted molar refractivity (Wildman–Crippen MR) is 335 cm³/mol. The van der Waals surface area contributed by atoms with Gasteiger partial charge < -0.3 is 14.2 Å². The molecule has 0 saturated heterocycles. The van der Waals surface area contributed by atoms with E-state index < -0.39 is 6.10 Å². The summed E-state index contributed by atoms with van der Waals surface area (Å²) in [6, 6.07) is 0.